The second-order valence-electron chi connectivity index (χ2n) is 1.73. The van der Waals surface area contributed by atoms with Gasteiger partial charge in [-0.05, 0) is 13.0 Å². The third kappa shape index (κ3) is 1.96. The molecule has 9 heavy (non-hydrogen) atoms. The minimum Gasteiger partial charge on any atom is -0.264 e. The van der Waals surface area contributed by atoms with Crippen molar-refractivity contribution in [1.82, 2.24) is 0 Å². The Morgan fingerprint density at radius 2 is 2.44 bits per heavy atom. The number of hydrogen-bond acceptors (Lipinski definition) is 1. The molecule has 0 bridgehead atoms. The molecule has 1 heterocycles. The summed E-state index contributed by atoms with van der Waals surface area (Å²) in [6, 6.07) is 0. The highest BCUT2D eigenvalue weighted by atomic mass is 14.6. The quantitative estimate of drug-likeness (QED) is 0.427. The van der Waals surface area contributed by atoms with E-state index in [1.165, 1.54) is 0 Å². The third-order valence-electron chi connectivity index (χ3n) is 0.924. The fourth-order valence-electron chi connectivity index (χ4n) is 0.482. The van der Waals surface area contributed by atoms with Crippen LogP contribution in [0.15, 0.2) is 28.9 Å². The van der Waals surface area contributed by atoms with Gasteiger partial charge in [0.15, 0.2) is 0 Å². The van der Waals surface area contributed by atoms with Crippen LogP contribution in [0.4, 0.5) is 0 Å². The Morgan fingerprint density at radius 3 is 3.33 bits per heavy atom. The number of hydrogen-bond donors (Lipinski definition) is 0. The van der Waals surface area contributed by atoms with E-state index in [0.29, 0.717) is 0 Å². The van der Waals surface area contributed by atoms with Gasteiger partial charge in [0.05, 0.1) is 0 Å². The second-order valence-corrected chi connectivity index (χ2v) is 1.73. The zero-order chi connectivity index (χ0) is 6.53. The molecule has 0 saturated carbocycles. The predicted octanol–water partition coefficient (Wildman–Crippen LogP) is 1.53. The van der Waals surface area contributed by atoms with Gasteiger partial charge in [0.25, 0.3) is 0 Å². The molecule has 0 aromatic heterocycles. The minimum atomic E-state index is 1.04. The summed E-state index contributed by atoms with van der Waals surface area (Å²) in [7, 11) is 0. The molecule has 1 aliphatic heterocycles. The van der Waals surface area contributed by atoms with Gasteiger partial charge in [-0.25, -0.2) is 0 Å². The van der Waals surface area contributed by atoms with Gasteiger partial charge in [0.1, 0.15) is 0 Å². The molecule has 0 aliphatic carbocycles. The highest BCUT2D eigenvalue weighted by Crippen LogP contribution is 1.88. The van der Waals surface area contributed by atoms with E-state index in [1.807, 2.05) is 13.0 Å². The lowest BCUT2D eigenvalue weighted by Crippen LogP contribution is -1.72. The molecule has 0 radical (unpaired) electrons. The van der Waals surface area contributed by atoms with Crippen molar-refractivity contribution in [3.05, 3.63) is 23.9 Å². The Kier molecular flexibility index (Phi) is 1.87. The van der Waals surface area contributed by atoms with E-state index in [2.05, 4.69) is 16.8 Å². The lowest BCUT2D eigenvalue weighted by Gasteiger charge is -1.83. The van der Waals surface area contributed by atoms with Crippen molar-refractivity contribution in [2.75, 3.05) is 0 Å². The Hall–Kier alpha value is -1.29. The van der Waals surface area contributed by atoms with Crippen LogP contribution in [0.3, 0.4) is 0 Å². The van der Waals surface area contributed by atoms with Gasteiger partial charge < -0.3 is 0 Å². The molecule has 0 aromatic rings. The number of rotatable bonds is 0. The van der Waals surface area contributed by atoms with E-state index in [0.717, 1.165) is 5.57 Å². The molecular formula is C8H7N. The topological polar surface area (TPSA) is 12.4 Å². The summed E-state index contributed by atoms with van der Waals surface area (Å²) in [6.45, 7) is 1.96. The summed E-state index contributed by atoms with van der Waals surface area (Å²) < 4.78 is 0. The van der Waals surface area contributed by atoms with Crippen molar-refractivity contribution in [3.8, 4) is 11.8 Å². The molecule has 0 atom stereocenters. The molecule has 44 valence electrons. The van der Waals surface area contributed by atoms with E-state index < -0.39 is 0 Å². The van der Waals surface area contributed by atoms with E-state index in [4.69, 9.17) is 0 Å². The van der Waals surface area contributed by atoms with Crippen LogP contribution in [0, 0.1) is 11.8 Å². The molecule has 0 aromatic carbocycles. The van der Waals surface area contributed by atoms with Crippen LogP contribution in [0.2, 0.25) is 0 Å². The highest BCUT2D eigenvalue weighted by Gasteiger charge is 1.76. The first kappa shape index (κ1) is 5.84. The summed E-state index contributed by atoms with van der Waals surface area (Å²) in [6.07, 6.45) is 7.03. The zero-order valence-electron chi connectivity index (χ0n) is 5.26. The molecule has 1 heteroatoms. The molecule has 1 nitrogen and oxygen atoms in total. The maximum Gasteiger partial charge on any atom is 0.0351 e. The summed E-state index contributed by atoms with van der Waals surface area (Å²) >= 11 is 0. The average molecular weight is 117 g/mol. The maximum absolute atomic E-state index is 3.90. The van der Waals surface area contributed by atoms with Crippen molar-refractivity contribution < 1.29 is 0 Å². The first-order valence-corrected chi connectivity index (χ1v) is 2.76. The summed E-state index contributed by atoms with van der Waals surface area (Å²) in [4.78, 5) is 3.90. The molecule has 0 unspecified atom stereocenters. The predicted molar refractivity (Wildman–Crippen MR) is 39.2 cm³/mol. The Labute approximate surface area is 54.8 Å². The summed E-state index contributed by atoms with van der Waals surface area (Å²) in [5.74, 6) is 5.74. The second kappa shape index (κ2) is 2.88. The largest absolute Gasteiger partial charge is 0.264 e. The molecule has 1 aliphatic rings. The lowest BCUT2D eigenvalue weighted by molar-refractivity contribution is 1.55. The molecule has 0 N–H and O–H groups in total. The number of nitrogens with zero attached hydrogens (tertiary/aromatic N) is 1. The zero-order valence-corrected chi connectivity index (χ0v) is 5.26. The first-order valence-electron chi connectivity index (χ1n) is 2.76. The van der Waals surface area contributed by atoms with Crippen molar-refractivity contribution in [2.45, 2.75) is 6.92 Å². The molecule has 0 saturated heterocycles. The van der Waals surface area contributed by atoms with E-state index in [1.54, 1.807) is 18.5 Å². The van der Waals surface area contributed by atoms with Gasteiger partial charge in [-0.15, -0.1) is 0 Å². The lowest BCUT2D eigenvalue weighted by atomic mass is 10.3. The first-order chi connectivity index (χ1) is 4.39. The van der Waals surface area contributed by atoms with Gasteiger partial charge in [0, 0.05) is 24.1 Å². The monoisotopic (exact) mass is 117 g/mol. The summed E-state index contributed by atoms with van der Waals surface area (Å²) in [5, 5.41) is 0. The van der Waals surface area contributed by atoms with Crippen molar-refractivity contribution in [3.63, 3.8) is 0 Å². The maximum atomic E-state index is 3.90. The van der Waals surface area contributed by atoms with Gasteiger partial charge in [-0.1, -0.05) is 11.8 Å². The summed E-state index contributed by atoms with van der Waals surface area (Å²) in [5.41, 5.74) is 1.04. The standard InChI is InChI=1S/C8H7N/c1-8-4-2-3-6-9-7-5-8/h3,5-7H,1H3/b6-3?,7-5?,8-5-,9-6?,9-7?. The molecular weight excluding hydrogens is 110 g/mol. The van der Waals surface area contributed by atoms with Crippen molar-refractivity contribution >= 4 is 6.21 Å². The fraction of sp³-hybridized carbons (Fsp3) is 0.125. The van der Waals surface area contributed by atoms with Crippen LogP contribution in [-0.2, 0) is 0 Å². The average Bonchev–Trinajstić information content (AvgIpc) is 1.79. The minimum absolute atomic E-state index is 1.04. The van der Waals surface area contributed by atoms with Gasteiger partial charge in [-0.3, -0.25) is 4.99 Å². The number of allylic oxidation sites excluding steroid dienone is 3. The van der Waals surface area contributed by atoms with E-state index in [9.17, 15) is 0 Å². The SMILES string of the molecule is C/C1=C/C=NC=CC#C1. The normalized spacial score (nSPS) is 20.8. The Bertz CT molecular complexity index is 233. The van der Waals surface area contributed by atoms with E-state index >= 15 is 0 Å². The Morgan fingerprint density at radius 1 is 1.56 bits per heavy atom. The smallest absolute Gasteiger partial charge is 0.0351 e. The highest BCUT2D eigenvalue weighted by molar-refractivity contribution is 5.74. The van der Waals surface area contributed by atoms with Crippen LogP contribution in [-0.4, -0.2) is 6.21 Å². The fourth-order valence-corrected chi connectivity index (χ4v) is 0.482. The number of aliphatic imine (C=N–C) groups is 1. The molecule has 0 fully saturated rings. The molecule has 0 amide bonds. The van der Waals surface area contributed by atoms with Crippen molar-refractivity contribution in [1.29, 1.82) is 0 Å². The van der Waals surface area contributed by atoms with Crippen LogP contribution in [0.5, 0.6) is 0 Å². The van der Waals surface area contributed by atoms with Crippen LogP contribution < -0.4 is 0 Å². The van der Waals surface area contributed by atoms with E-state index in [-0.39, 0.29) is 0 Å². The third-order valence-corrected chi connectivity index (χ3v) is 0.924. The van der Waals surface area contributed by atoms with Crippen molar-refractivity contribution in [2.24, 2.45) is 4.99 Å². The van der Waals surface area contributed by atoms with Crippen LogP contribution in [0.25, 0.3) is 0 Å². The van der Waals surface area contributed by atoms with Gasteiger partial charge in [0.2, 0.25) is 0 Å². The van der Waals surface area contributed by atoms with Crippen LogP contribution >= 0.6 is 0 Å². The Balaban J connectivity index is 2.87. The van der Waals surface area contributed by atoms with Crippen LogP contribution in [0.1, 0.15) is 6.92 Å². The van der Waals surface area contributed by atoms with Gasteiger partial charge >= 0.3 is 0 Å². The molecule has 1 rings (SSSR count). The molecule has 0 spiro atoms. The van der Waals surface area contributed by atoms with Gasteiger partial charge in [-0.2, -0.15) is 0 Å².